The average Bonchev–Trinajstić information content (AvgIpc) is 3.17. The van der Waals surface area contributed by atoms with Gasteiger partial charge in [0.05, 0.1) is 12.3 Å². The number of carbonyl (C=O) groups is 1. The summed E-state index contributed by atoms with van der Waals surface area (Å²) in [6, 6.07) is 10.0. The molecule has 110 valence electrons. The lowest BCUT2D eigenvalue weighted by Gasteiger charge is -2.10. The number of carbonyl (C=O) groups excluding carboxylic acids is 1. The van der Waals surface area contributed by atoms with Gasteiger partial charge < -0.3 is 10.1 Å². The van der Waals surface area contributed by atoms with Crippen molar-refractivity contribution in [3.05, 3.63) is 42.7 Å². The van der Waals surface area contributed by atoms with E-state index in [9.17, 15) is 4.79 Å². The second-order valence-corrected chi connectivity index (χ2v) is 5.23. The second kappa shape index (κ2) is 6.54. The Hall–Kier alpha value is -2.14. The smallest absolute Gasteiger partial charge is 0.241 e. The summed E-state index contributed by atoms with van der Waals surface area (Å²) in [4.78, 5) is 11.9. The highest BCUT2D eigenvalue weighted by Gasteiger charge is 2.16. The maximum Gasteiger partial charge on any atom is 0.241 e. The first-order chi connectivity index (χ1) is 10.3. The van der Waals surface area contributed by atoms with Crippen molar-refractivity contribution in [2.45, 2.75) is 25.5 Å². The zero-order valence-corrected chi connectivity index (χ0v) is 11.9. The van der Waals surface area contributed by atoms with Gasteiger partial charge in [0.15, 0.2) is 0 Å². The minimum Gasteiger partial charge on any atom is -0.376 e. The van der Waals surface area contributed by atoms with Crippen molar-refractivity contribution in [3.63, 3.8) is 0 Å². The van der Waals surface area contributed by atoms with Gasteiger partial charge in [0, 0.05) is 24.9 Å². The summed E-state index contributed by atoms with van der Waals surface area (Å²) < 4.78 is 7.14. The molecule has 0 saturated carbocycles. The molecule has 5 nitrogen and oxygen atoms in total. The van der Waals surface area contributed by atoms with Crippen LogP contribution in [0, 0.1) is 0 Å². The fourth-order valence-electron chi connectivity index (χ4n) is 2.47. The van der Waals surface area contributed by atoms with E-state index in [0.717, 1.165) is 30.6 Å². The first-order valence-electron chi connectivity index (χ1n) is 7.27. The molecule has 1 aliphatic heterocycles. The van der Waals surface area contributed by atoms with Gasteiger partial charge in [0.25, 0.3) is 0 Å². The van der Waals surface area contributed by atoms with E-state index in [1.165, 1.54) is 0 Å². The maximum absolute atomic E-state index is 11.9. The van der Waals surface area contributed by atoms with Crippen molar-refractivity contribution in [2.24, 2.45) is 0 Å². The molecule has 0 unspecified atom stereocenters. The minimum atomic E-state index is -0.0341. The van der Waals surface area contributed by atoms with Crippen molar-refractivity contribution in [1.29, 1.82) is 0 Å². The third kappa shape index (κ3) is 3.70. The SMILES string of the molecule is O=C(Cn1cc(-c2ccccc2)cn1)NC[C@H]1CCCO1. The highest BCUT2D eigenvalue weighted by atomic mass is 16.5. The Bertz CT molecular complexity index is 589. The molecule has 1 N–H and O–H groups in total. The lowest BCUT2D eigenvalue weighted by Crippen LogP contribution is -2.34. The first kappa shape index (κ1) is 13.8. The third-order valence-corrected chi connectivity index (χ3v) is 3.60. The molecule has 0 spiro atoms. The molecular formula is C16H19N3O2. The van der Waals surface area contributed by atoms with E-state index >= 15 is 0 Å². The number of benzene rings is 1. The Morgan fingerprint density at radius 1 is 1.33 bits per heavy atom. The fraction of sp³-hybridized carbons (Fsp3) is 0.375. The Balaban J connectivity index is 1.53. The number of nitrogens with zero attached hydrogens (tertiary/aromatic N) is 2. The lowest BCUT2D eigenvalue weighted by atomic mass is 10.1. The Labute approximate surface area is 123 Å². The van der Waals surface area contributed by atoms with Crippen LogP contribution in [0.5, 0.6) is 0 Å². The summed E-state index contributed by atoms with van der Waals surface area (Å²) in [5, 5.41) is 7.13. The van der Waals surface area contributed by atoms with Gasteiger partial charge in [-0.3, -0.25) is 9.48 Å². The maximum atomic E-state index is 11.9. The standard InChI is InChI=1S/C16H19N3O2/c20-16(17-10-15-7-4-8-21-15)12-19-11-14(9-18-19)13-5-2-1-3-6-13/h1-3,5-6,9,11,15H,4,7-8,10,12H2,(H,17,20)/t15-/m1/s1. The number of hydrogen-bond acceptors (Lipinski definition) is 3. The normalized spacial score (nSPS) is 17.8. The van der Waals surface area contributed by atoms with Gasteiger partial charge in [-0.25, -0.2) is 0 Å². The second-order valence-electron chi connectivity index (χ2n) is 5.23. The summed E-state index contributed by atoms with van der Waals surface area (Å²) in [6.45, 7) is 1.63. The topological polar surface area (TPSA) is 56.2 Å². The predicted octanol–water partition coefficient (Wildman–Crippen LogP) is 1.85. The van der Waals surface area contributed by atoms with E-state index in [2.05, 4.69) is 10.4 Å². The average molecular weight is 285 g/mol. The molecule has 21 heavy (non-hydrogen) atoms. The van der Waals surface area contributed by atoms with Gasteiger partial charge in [0.2, 0.25) is 5.91 Å². The van der Waals surface area contributed by atoms with E-state index in [0.29, 0.717) is 6.54 Å². The van der Waals surface area contributed by atoms with Crippen molar-refractivity contribution >= 4 is 5.91 Å². The minimum absolute atomic E-state index is 0.0341. The number of amides is 1. The largest absolute Gasteiger partial charge is 0.376 e. The third-order valence-electron chi connectivity index (χ3n) is 3.60. The molecule has 1 aromatic carbocycles. The van der Waals surface area contributed by atoms with Crippen LogP contribution in [0.1, 0.15) is 12.8 Å². The number of hydrogen-bond donors (Lipinski definition) is 1. The first-order valence-corrected chi connectivity index (χ1v) is 7.27. The van der Waals surface area contributed by atoms with Crippen molar-refractivity contribution in [2.75, 3.05) is 13.2 Å². The number of nitrogens with one attached hydrogen (secondary N) is 1. The number of rotatable bonds is 5. The zero-order valence-electron chi connectivity index (χ0n) is 11.9. The van der Waals surface area contributed by atoms with Crippen LogP contribution in [0.25, 0.3) is 11.1 Å². The number of aromatic nitrogens is 2. The van der Waals surface area contributed by atoms with E-state index in [1.54, 1.807) is 10.9 Å². The van der Waals surface area contributed by atoms with Crippen LogP contribution in [0.3, 0.4) is 0 Å². The molecule has 1 saturated heterocycles. The summed E-state index contributed by atoms with van der Waals surface area (Å²) in [5.74, 6) is -0.0341. The van der Waals surface area contributed by atoms with Crippen LogP contribution in [0.2, 0.25) is 0 Å². The molecule has 0 radical (unpaired) electrons. The molecule has 2 aromatic rings. The number of ether oxygens (including phenoxy) is 1. The van der Waals surface area contributed by atoms with Crippen molar-refractivity contribution in [3.8, 4) is 11.1 Å². The molecule has 1 aliphatic rings. The molecule has 2 heterocycles. The van der Waals surface area contributed by atoms with Gasteiger partial charge in [-0.05, 0) is 18.4 Å². The van der Waals surface area contributed by atoms with Crippen LogP contribution in [-0.2, 0) is 16.1 Å². The summed E-state index contributed by atoms with van der Waals surface area (Å²) in [5.41, 5.74) is 2.12. The molecule has 3 rings (SSSR count). The van der Waals surface area contributed by atoms with Gasteiger partial charge in [-0.1, -0.05) is 30.3 Å². The Morgan fingerprint density at radius 2 is 2.19 bits per heavy atom. The monoisotopic (exact) mass is 285 g/mol. The molecule has 0 aliphatic carbocycles. The van der Waals surface area contributed by atoms with Crippen molar-refractivity contribution in [1.82, 2.24) is 15.1 Å². The summed E-state index contributed by atoms with van der Waals surface area (Å²) in [7, 11) is 0. The van der Waals surface area contributed by atoms with E-state index in [-0.39, 0.29) is 18.6 Å². The van der Waals surface area contributed by atoms with Gasteiger partial charge in [0.1, 0.15) is 6.54 Å². The Kier molecular flexibility index (Phi) is 4.31. The molecular weight excluding hydrogens is 266 g/mol. The van der Waals surface area contributed by atoms with Gasteiger partial charge in [-0.2, -0.15) is 5.10 Å². The molecule has 1 atom stereocenters. The summed E-state index contributed by atoms with van der Waals surface area (Å²) in [6.07, 6.45) is 5.95. The predicted molar refractivity (Wildman–Crippen MR) is 79.6 cm³/mol. The highest BCUT2D eigenvalue weighted by molar-refractivity contribution is 5.75. The van der Waals surface area contributed by atoms with E-state index < -0.39 is 0 Å². The lowest BCUT2D eigenvalue weighted by molar-refractivity contribution is -0.122. The highest BCUT2D eigenvalue weighted by Crippen LogP contribution is 2.17. The van der Waals surface area contributed by atoms with Crippen LogP contribution in [-0.4, -0.2) is 34.9 Å². The fourth-order valence-corrected chi connectivity index (χ4v) is 2.47. The molecule has 0 bridgehead atoms. The summed E-state index contributed by atoms with van der Waals surface area (Å²) >= 11 is 0. The van der Waals surface area contributed by atoms with Gasteiger partial charge in [-0.15, -0.1) is 0 Å². The van der Waals surface area contributed by atoms with Crippen LogP contribution >= 0.6 is 0 Å². The zero-order chi connectivity index (χ0) is 14.5. The quantitative estimate of drug-likeness (QED) is 0.912. The van der Waals surface area contributed by atoms with Crippen LogP contribution in [0.15, 0.2) is 42.7 Å². The van der Waals surface area contributed by atoms with Crippen LogP contribution < -0.4 is 5.32 Å². The van der Waals surface area contributed by atoms with Gasteiger partial charge >= 0.3 is 0 Å². The molecule has 5 heteroatoms. The molecule has 1 amide bonds. The molecule has 1 aromatic heterocycles. The van der Waals surface area contributed by atoms with Crippen molar-refractivity contribution < 1.29 is 9.53 Å². The molecule has 1 fully saturated rings. The van der Waals surface area contributed by atoms with Crippen LogP contribution in [0.4, 0.5) is 0 Å². The Morgan fingerprint density at radius 3 is 2.95 bits per heavy atom. The van der Waals surface area contributed by atoms with E-state index in [1.807, 2.05) is 36.5 Å². The van der Waals surface area contributed by atoms with E-state index in [4.69, 9.17) is 4.74 Å².